The smallest absolute Gasteiger partial charge is 0.404 e. The van der Waals surface area contributed by atoms with E-state index in [1.54, 1.807) is 30.4 Å². The van der Waals surface area contributed by atoms with Gasteiger partial charge in [-0.15, -0.1) is 0 Å². The van der Waals surface area contributed by atoms with Crippen LogP contribution in [0.4, 0.5) is 4.79 Å². The highest BCUT2D eigenvalue weighted by molar-refractivity contribution is 6.00. The monoisotopic (exact) mass is 465 g/mol. The Morgan fingerprint density at radius 3 is 2.88 bits per heavy atom. The van der Waals surface area contributed by atoms with Crippen molar-refractivity contribution in [1.29, 1.82) is 0 Å². The zero-order valence-corrected chi connectivity index (χ0v) is 19.4. The van der Waals surface area contributed by atoms with E-state index in [-0.39, 0.29) is 11.9 Å². The molecule has 3 aromatic heterocycles. The molecule has 1 aliphatic rings. The number of fused-ring (bicyclic) bond motifs is 2. The molecular formula is C24H27N5O5. The molecule has 1 aliphatic heterocycles. The lowest BCUT2D eigenvalue weighted by atomic mass is 10.0. The molecule has 0 aliphatic carbocycles. The maximum absolute atomic E-state index is 13.3. The van der Waals surface area contributed by atoms with Gasteiger partial charge in [-0.2, -0.15) is 0 Å². The summed E-state index contributed by atoms with van der Waals surface area (Å²) in [5.74, 6) is 1.13. The Bertz CT molecular complexity index is 1400. The second-order valence-electron chi connectivity index (χ2n) is 8.54. The molecule has 1 fully saturated rings. The Labute approximate surface area is 195 Å². The highest BCUT2D eigenvalue weighted by Crippen LogP contribution is 2.34. The second kappa shape index (κ2) is 8.44. The summed E-state index contributed by atoms with van der Waals surface area (Å²) in [6.45, 7) is 3.68. The molecule has 10 heteroatoms. The Morgan fingerprint density at radius 2 is 2.15 bits per heavy atom. The van der Waals surface area contributed by atoms with E-state index < -0.39 is 6.09 Å². The third kappa shape index (κ3) is 3.55. The number of methoxy groups -OCH3 is 1. The lowest BCUT2D eigenvalue weighted by molar-refractivity contribution is 0.0692. The van der Waals surface area contributed by atoms with Crippen LogP contribution in [0, 0.1) is 0 Å². The number of furan rings is 1. The first-order chi connectivity index (χ1) is 16.4. The molecule has 1 saturated heterocycles. The molecule has 2 N–H and O–H groups in total. The molecule has 4 heterocycles. The fourth-order valence-corrected chi connectivity index (χ4v) is 4.93. The number of amides is 2. The van der Waals surface area contributed by atoms with Crippen LogP contribution in [0.2, 0.25) is 0 Å². The number of ether oxygens (including phenoxy) is 1. The summed E-state index contributed by atoms with van der Waals surface area (Å²) in [7, 11) is 3.50. The van der Waals surface area contributed by atoms with Gasteiger partial charge in [-0.25, -0.2) is 9.78 Å². The summed E-state index contributed by atoms with van der Waals surface area (Å²) in [5.41, 5.74) is 3.62. The highest BCUT2D eigenvalue weighted by Gasteiger charge is 2.27. The predicted octanol–water partition coefficient (Wildman–Crippen LogP) is 3.69. The van der Waals surface area contributed by atoms with Gasteiger partial charge in [0.1, 0.15) is 11.3 Å². The van der Waals surface area contributed by atoms with Crippen LogP contribution in [0.25, 0.3) is 33.7 Å². The Morgan fingerprint density at radius 1 is 1.32 bits per heavy atom. The van der Waals surface area contributed by atoms with Gasteiger partial charge >= 0.3 is 6.09 Å². The molecule has 0 unspecified atom stereocenters. The molecule has 4 aromatic rings. The first-order valence-electron chi connectivity index (χ1n) is 11.3. The minimum Gasteiger partial charge on any atom is -0.494 e. The van der Waals surface area contributed by atoms with Crippen LogP contribution in [0.3, 0.4) is 0 Å². The van der Waals surface area contributed by atoms with Crippen molar-refractivity contribution >= 4 is 34.1 Å². The Kier molecular flexibility index (Phi) is 5.43. The number of nitrogens with zero attached hydrogens (tertiary/aromatic N) is 4. The molecular weight excluding hydrogens is 438 g/mol. The summed E-state index contributed by atoms with van der Waals surface area (Å²) in [4.78, 5) is 30.9. The van der Waals surface area contributed by atoms with Crippen molar-refractivity contribution < 1.29 is 23.8 Å². The van der Waals surface area contributed by atoms with E-state index in [9.17, 15) is 9.59 Å². The van der Waals surface area contributed by atoms with Crippen LogP contribution in [-0.4, -0.2) is 62.4 Å². The zero-order valence-electron chi connectivity index (χ0n) is 19.4. The van der Waals surface area contributed by atoms with E-state index in [1.807, 2.05) is 23.7 Å². The average Bonchev–Trinajstić information content (AvgIpc) is 3.50. The van der Waals surface area contributed by atoms with Crippen molar-refractivity contribution in [3.63, 3.8) is 0 Å². The summed E-state index contributed by atoms with van der Waals surface area (Å²) in [6.07, 6.45) is 2.04. The fourth-order valence-electron chi connectivity index (χ4n) is 4.93. The molecule has 2 amide bonds. The van der Waals surface area contributed by atoms with Gasteiger partial charge < -0.3 is 33.6 Å². The molecule has 34 heavy (non-hydrogen) atoms. The zero-order chi connectivity index (χ0) is 24.0. The number of rotatable bonds is 5. The lowest BCUT2D eigenvalue weighted by Gasteiger charge is -2.32. The van der Waals surface area contributed by atoms with Crippen molar-refractivity contribution in [2.75, 3.05) is 20.2 Å². The van der Waals surface area contributed by atoms with Gasteiger partial charge in [0.15, 0.2) is 5.82 Å². The van der Waals surface area contributed by atoms with Crippen molar-refractivity contribution in [3.05, 3.63) is 36.1 Å². The number of aryl methyl sites for hydroxylation is 2. The number of carboxylic acid groups (broad SMARTS) is 1. The number of nitrogens with one attached hydrogen (secondary N) is 1. The van der Waals surface area contributed by atoms with Gasteiger partial charge in [0, 0.05) is 43.7 Å². The average molecular weight is 466 g/mol. The summed E-state index contributed by atoms with van der Waals surface area (Å²) in [6, 6.07) is 7.21. The summed E-state index contributed by atoms with van der Waals surface area (Å²) in [5, 5.41) is 12.5. The van der Waals surface area contributed by atoms with Crippen molar-refractivity contribution in [3.8, 4) is 17.3 Å². The van der Waals surface area contributed by atoms with Gasteiger partial charge in [0.05, 0.1) is 24.6 Å². The minimum absolute atomic E-state index is 0.168. The molecule has 1 aromatic carbocycles. The van der Waals surface area contributed by atoms with Crippen LogP contribution in [0.5, 0.6) is 5.75 Å². The number of carbonyl (C=O) groups is 2. The van der Waals surface area contributed by atoms with Crippen LogP contribution in [0.15, 0.2) is 34.9 Å². The van der Waals surface area contributed by atoms with E-state index in [1.165, 1.54) is 0 Å². The lowest BCUT2D eigenvalue weighted by Crippen LogP contribution is -2.49. The Balaban J connectivity index is 1.55. The van der Waals surface area contributed by atoms with Crippen LogP contribution in [-0.2, 0) is 13.6 Å². The number of hydrogen-bond acceptors (Lipinski definition) is 5. The van der Waals surface area contributed by atoms with Gasteiger partial charge in [0.2, 0.25) is 5.71 Å². The molecule has 1 atom stereocenters. The SMILES string of the molecule is CCn1c(-c2nc3cc(C(=O)N4CCC[C@@H](NC(=O)O)C4)cc(OC)c3n2C)cc2ccoc21. The number of benzene rings is 1. The molecule has 5 rings (SSSR count). The predicted molar refractivity (Wildman–Crippen MR) is 126 cm³/mol. The molecule has 0 spiro atoms. The quantitative estimate of drug-likeness (QED) is 0.465. The number of imidazole rings is 1. The van der Waals surface area contributed by atoms with Crippen LogP contribution < -0.4 is 10.1 Å². The largest absolute Gasteiger partial charge is 0.494 e. The molecule has 0 bridgehead atoms. The van der Waals surface area contributed by atoms with Crippen molar-refractivity contribution in [2.24, 2.45) is 7.05 Å². The number of piperidine rings is 1. The maximum Gasteiger partial charge on any atom is 0.404 e. The molecule has 178 valence electrons. The van der Waals surface area contributed by atoms with Crippen LogP contribution >= 0.6 is 0 Å². The van der Waals surface area contributed by atoms with Gasteiger partial charge in [0.25, 0.3) is 5.91 Å². The van der Waals surface area contributed by atoms with E-state index in [2.05, 4.69) is 16.8 Å². The van der Waals surface area contributed by atoms with E-state index in [0.717, 1.165) is 41.1 Å². The standard InChI is InChI=1S/C24H27N5O5/c1-4-29-18(11-14-7-9-34-23(14)29)21-26-17-10-15(12-19(33-3)20(17)27(21)2)22(30)28-8-5-6-16(13-28)25-24(31)32/h7,9-12,16,25H,4-6,8,13H2,1-3H3,(H,31,32)/t16-/m1/s1. The third-order valence-corrected chi connectivity index (χ3v) is 6.49. The first kappa shape index (κ1) is 21.9. The summed E-state index contributed by atoms with van der Waals surface area (Å²) < 4.78 is 15.4. The Hall–Kier alpha value is -3.95. The van der Waals surface area contributed by atoms with Gasteiger partial charge in [-0.1, -0.05) is 0 Å². The maximum atomic E-state index is 13.3. The van der Waals surface area contributed by atoms with E-state index >= 15 is 0 Å². The van der Waals surface area contributed by atoms with E-state index in [0.29, 0.717) is 36.3 Å². The molecule has 0 saturated carbocycles. The van der Waals surface area contributed by atoms with Crippen molar-refractivity contribution in [1.82, 2.24) is 24.3 Å². The molecule has 10 nitrogen and oxygen atoms in total. The van der Waals surface area contributed by atoms with Crippen molar-refractivity contribution in [2.45, 2.75) is 32.4 Å². The first-order valence-corrected chi connectivity index (χ1v) is 11.3. The normalized spacial score (nSPS) is 16.3. The second-order valence-corrected chi connectivity index (χ2v) is 8.54. The topological polar surface area (TPSA) is 115 Å². The third-order valence-electron chi connectivity index (χ3n) is 6.49. The van der Waals surface area contributed by atoms with Gasteiger partial charge in [-0.3, -0.25) is 4.79 Å². The van der Waals surface area contributed by atoms with Crippen LogP contribution in [0.1, 0.15) is 30.1 Å². The highest BCUT2D eigenvalue weighted by atomic mass is 16.5. The van der Waals surface area contributed by atoms with Gasteiger partial charge in [-0.05, 0) is 44.0 Å². The number of hydrogen-bond donors (Lipinski definition) is 2. The van der Waals surface area contributed by atoms with E-state index in [4.69, 9.17) is 19.2 Å². The summed E-state index contributed by atoms with van der Waals surface area (Å²) >= 11 is 0. The number of aromatic nitrogens is 3. The fraction of sp³-hybridized carbons (Fsp3) is 0.375. The number of likely N-dealkylation sites (tertiary alicyclic amines) is 1. The number of carbonyl (C=O) groups excluding carboxylic acids is 1. The molecule has 0 radical (unpaired) electrons. The minimum atomic E-state index is -1.08.